The van der Waals surface area contributed by atoms with Crippen LogP contribution in [0.1, 0.15) is 27.3 Å². The van der Waals surface area contributed by atoms with Gasteiger partial charge in [-0.1, -0.05) is 0 Å². The van der Waals surface area contributed by atoms with Crippen molar-refractivity contribution in [3.63, 3.8) is 0 Å². The molecule has 8 heteroatoms. The van der Waals surface area contributed by atoms with Crippen molar-refractivity contribution in [2.24, 2.45) is 0 Å². The Morgan fingerprint density at radius 1 is 1.50 bits per heavy atom. The second-order valence-corrected chi connectivity index (χ2v) is 5.10. The van der Waals surface area contributed by atoms with Crippen LogP contribution in [0.25, 0.3) is 0 Å². The lowest BCUT2D eigenvalue weighted by molar-refractivity contribution is 0.0519. The minimum Gasteiger partial charge on any atom is -0.461 e. The molecule has 2 aromatic rings. The van der Waals surface area contributed by atoms with Gasteiger partial charge in [-0.25, -0.2) is 19.7 Å². The standard InChI is InChI=1S/C12H13FN4O2S/c1-3-19-12(18)11-7(2)20-10(17-11)5-14-9-4-8(13)15-6-16-9/h4,6H,3,5H2,1-2H3,(H,14,15,16). The quantitative estimate of drug-likeness (QED) is 0.673. The number of hydrogen-bond donors (Lipinski definition) is 1. The van der Waals surface area contributed by atoms with Crippen LogP contribution < -0.4 is 5.32 Å². The summed E-state index contributed by atoms with van der Waals surface area (Å²) in [5, 5.41) is 3.62. The summed E-state index contributed by atoms with van der Waals surface area (Å²) < 4.78 is 17.8. The molecular formula is C12H13FN4O2S. The fourth-order valence-corrected chi connectivity index (χ4v) is 2.37. The molecule has 0 aliphatic carbocycles. The van der Waals surface area contributed by atoms with Crippen molar-refractivity contribution in [2.45, 2.75) is 20.4 Å². The number of esters is 1. The highest BCUT2D eigenvalue weighted by atomic mass is 32.1. The number of nitrogens with zero attached hydrogens (tertiary/aromatic N) is 3. The van der Waals surface area contributed by atoms with Gasteiger partial charge in [0.05, 0.1) is 13.2 Å². The van der Waals surface area contributed by atoms with Crippen LogP contribution >= 0.6 is 11.3 Å². The van der Waals surface area contributed by atoms with Crippen LogP contribution in [-0.4, -0.2) is 27.5 Å². The number of nitrogens with one attached hydrogen (secondary N) is 1. The molecule has 0 aliphatic rings. The smallest absolute Gasteiger partial charge is 0.358 e. The SMILES string of the molecule is CCOC(=O)c1nc(CNc2cc(F)ncn2)sc1C. The van der Waals surface area contributed by atoms with Crippen LogP contribution in [0.5, 0.6) is 0 Å². The molecule has 2 rings (SSSR count). The molecule has 0 radical (unpaired) electrons. The maximum atomic E-state index is 12.9. The monoisotopic (exact) mass is 296 g/mol. The Bertz CT molecular complexity index is 617. The minimum absolute atomic E-state index is 0.309. The largest absolute Gasteiger partial charge is 0.461 e. The predicted molar refractivity (Wildman–Crippen MR) is 72.1 cm³/mol. The van der Waals surface area contributed by atoms with Crippen molar-refractivity contribution >= 4 is 23.1 Å². The lowest BCUT2D eigenvalue weighted by Gasteiger charge is -2.01. The van der Waals surface area contributed by atoms with Crippen LogP contribution in [0, 0.1) is 12.9 Å². The zero-order valence-electron chi connectivity index (χ0n) is 11.0. The van der Waals surface area contributed by atoms with Gasteiger partial charge in [-0.3, -0.25) is 0 Å². The first-order valence-corrected chi connectivity index (χ1v) is 6.76. The second kappa shape index (κ2) is 6.38. The minimum atomic E-state index is -0.606. The number of carbonyl (C=O) groups is 1. The van der Waals surface area contributed by atoms with Gasteiger partial charge in [-0.15, -0.1) is 11.3 Å². The van der Waals surface area contributed by atoms with E-state index in [0.717, 1.165) is 11.2 Å². The molecule has 0 atom stereocenters. The number of anilines is 1. The summed E-state index contributed by atoms with van der Waals surface area (Å²) in [5.74, 6) is -0.673. The number of ether oxygens (including phenoxy) is 1. The summed E-state index contributed by atoms with van der Waals surface area (Å²) in [5.41, 5.74) is 0.322. The zero-order valence-corrected chi connectivity index (χ0v) is 11.8. The molecule has 106 valence electrons. The van der Waals surface area contributed by atoms with Crippen LogP contribution in [0.15, 0.2) is 12.4 Å². The number of hydrogen-bond acceptors (Lipinski definition) is 7. The molecular weight excluding hydrogens is 283 g/mol. The molecule has 0 bridgehead atoms. The fraction of sp³-hybridized carbons (Fsp3) is 0.333. The van der Waals surface area contributed by atoms with Gasteiger partial charge in [-0.05, 0) is 13.8 Å². The number of aryl methyl sites for hydroxylation is 1. The number of halogens is 1. The molecule has 0 spiro atoms. The summed E-state index contributed by atoms with van der Waals surface area (Å²) in [7, 11) is 0. The van der Waals surface area contributed by atoms with Crippen molar-refractivity contribution in [1.29, 1.82) is 0 Å². The number of rotatable bonds is 5. The average Bonchev–Trinajstić information content (AvgIpc) is 2.78. The molecule has 0 saturated carbocycles. The number of carbonyl (C=O) groups excluding carboxylic acids is 1. The van der Waals surface area contributed by atoms with Crippen molar-refractivity contribution in [3.05, 3.63) is 33.9 Å². The fourth-order valence-electron chi connectivity index (χ4n) is 1.51. The van der Waals surface area contributed by atoms with Crippen LogP contribution in [-0.2, 0) is 11.3 Å². The van der Waals surface area contributed by atoms with E-state index in [-0.39, 0.29) is 0 Å². The van der Waals surface area contributed by atoms with Gasteiger partial charge in [0.1, 0.15) is 17.2 Å². The summed E-state index contributed by atoms with van der Waals surface area (Å²) in [6.07, 6.45) is 1.13. The topological polar surface area (TPSA) is 77.0 Å². The van der Waals surface area contributed by atoms with Crippen LogP contribution in [0.3, 0.4) is 0 Å². The van der Waals surface area contributed by atoms with Gasteiger partial charge >= 0.3 is 5.97 Å². The van der Waals surface area contributed by atoms with Crippen LogP contribution in [0.2, 0.25) is 0 Å². The van der Waals surface area contributed by atoms with Crippen molar-refractivity contribution < 1.29 is 13.9 Å². The molecule has 0 unspecified atom stereocenters. The van der Waals surface area contributed by atoms with E-state index < -0.39 is 11.9 Å². The third kappa shape index (κ3) is 3.47. The van der Waals surface area contributed by atoms with Gasteiger partial charge in [0.15, 0.2) is 5.69 Å². The first-order chi connectivity index (χ1) is 9.60. The Labute approximate surface area is 119 Å². The highest BCUT2D eigenvalue weighted by molar-refractivity contribution is 7.11. The molecule has 0 saturated heterocycles. The second-order valence-electron chi connectivity index (χ2n) is 3.81. The molecule has 0 aromatic carbocycles. The van der Waals surface area contributed by atoms with Gasteiger partial charge in [0.2, 0.25) is 5.95 Å². The number of thiazole rings is 1. The summed E-state index contributed by atoms with van der Waals surface area (Å²) in [6, 6.07) is 1.19. The zero-order chi connectivity index (χ0) is 14.5. The Morgan fingerprint density at radius 3 is 3.00 bits per heavy atom. The highest BCUT2D eigenvalue weighted by Crippen LogP contribution is 2.19. The summed E-state index contributed by atoms with van der Waals surface area (Å²) in [4.78, 5) is 23.9. The van der Waals surface area contributed by atoms with Crippen molar-refractivity contribution in [3.8, 4) is 0 Å². The molecule has 20 heavy (non-hydrogen) atoms. The van der Waals surface area contributed by atoms with Crippen LogP contribution in [0.4, 0.5) is 10.2 Å². The van der Waals surface area contributed by atoms with E-state index in [1.807, 2.05) is 0 Å². The first-order valence-electron chi connectivity index (χ1n) is 5.95. The maximum absolute atomic E-state index is 12.9. The lowest BCUT2D eigenvalue weighted by atomic mass is 10.4. The Morgan fingerprint density at radius 2 is 2.30 bits per heavy atom. The third-order valence-electron chi connectivity index (χ3n) is 2.36. The van der Waals surface area contributed by atoms with E-state index in [4.69, 9.17) is 4.74 Å². The first kappa shape index (κ1) is 14.3. The van der Waals surface area contributed by atoms with Crippen molar-refractivity contribution in [1.82, 2.24) is 15.0 Å². The van der Waals surface area contributed by atoms with Gasteiger partial charge < -0.3 is 10.1 Å². The molecule has 0 aliphatic heterocycles. The normalized spacial score (nSPS) is 10.3. The molecule has 6 nitrogen and oxygen atoms in total. The molecule has 0 fully saturated rings. The molecule has 2 aromatic heterocycles. The van der Waals surface area contributed by atoms with E-state index in [1.54, 1.807) is 13.8 Å². The van der Waals surface area contributed by atoms with E-state index in [2.05, 4.69) is 20.3 Å². The maximum Gasteiger partial charge on any atom is 0.358 e. The molecule has 0 amide bonds. The summed E-state index contributed by atoms with van der Waals surface area (Å²) >= 11 is 1.38. The highest BCUT2D eigenvalue weighted by Gasteiger charge is 2.16. The predicted octanol–water partition coefficient (Wildman–Crippen LogP) is 2.17. The Kier molecular flexibility index (Phi) is 4.57. The summed E-state index contributed by atoms with van der Waals surface area (Å²) in [6.45, 7) is 4.20. The Hall–Kier alpha value is -2.09. The van der Waals surface area contributed by atoms with E-state index in [1.165, 1.54) is 17.4 Å². The molecule has 1 N–H and O–H groups in total. The van der Waals surface area contributed by atoms with Crippen molar-refractivity contribution in [2.75, 3.05) is 11.9 Å². The van der Waals surface area contributed by atoms with E-state index in [0.29, 0.717) is 29.7 Å². The molecule has 2 heterocycles. The Balaban J connectivity index is 2.04. The van der Waals surface area contributed by atoms with Gasteiger partial charge in [0, 0.05) is 10.9 Å². The average molecular weight is 296 g/mol. The van der Waals surface area contributed by atoms with Gasteiger partial charge in [-0.2, -0.15) is 4.39 Å². The third-order valence-corrected chi connectivity index (χ3v) is 3.33. The van der Waals surface area contributed by atoms with Gasteiger partial charge in [0.25, 0.3) is 0 Å². The lowest BCUT2D eigenvalue weighted by Crippen LogP contribution is -2.07. The number of aromatic nitrogens is 3. The van der Waals surface area contributed by atoms with E-state index in [9.17, 15) is 9.18 Å². The van der Waals surface area contributed by atoms with E-state index >= 15 is 0 Å².